The van der Waals surface area contributed by atoms with E-state index in [1.165, 1.54) is 5.56 Å². The Morgan fingerprint density at radius 1 is 1.00 bits per heavy atom. The molecule has 0 spiro atoms. The van der Waals surface area contributed by atoms with Crippen molar-refractivity contribution in [1.82, 2.24) is 5.32 Å². The van der Waals surface area contributed by atoms with Gasteiger partial charge in [-0.3, -0.25) is 4.79 Å². The molecule has 0 aliphatic heterocycles. The van der Waals surface area contributed by atoms with Gasteiger partial charge in [-0.05, 0) is 54.7 Å². The summed E-state index contributed by atoms with van der Waals surface area (Å²) >= 11 is 1.55. The second-order valence-corrected chi connectivity index (χ2v) is 8.95. The van der Waals surface area contributed by atoms with Crippen LogP contribution in [0.25, 0.3) is 0 Å². The fourth-order valence-electron chi connectivity index (χ4n) is 2.60. The van der Waals surface area contributed by atoms with Crippen molar-refractivity contribution in [3.8, 4) is 5.75 Å². The number of benzene rings is 2. The highest BCUT2D eigenvalue weighted by Gasteiger charge is 2.18. The van der Waals surface area contributed by atoms with Crippen molar-refractivity contribution in [2.45, 2.75) is 56.2 Å². The second kappa shape index (κ2) is 8.63. The molecule has 0 aliphatic rings. The van der Waals surface area contributed by atoms with Crippen molar-refractivity contribution in [3.63, 3.8) is 0 Å². The number of hydrogen-bond acceptors (Lipinski definition) is 3. The van der Waals surface area contributed by atoms with Crippen molar-refractivity contribution in [2.75, 3.05) is 7.11 Å². The van der Waals surface area contributed by atoms with Crippen molar-refractivity contribution in [3.05, 3.63) is 59.7 Å². The molecule has 2 atom stereocenters. The molecule has 0 heterocycles. The monoisotopic (exact) mass is 371 g/mol. The minimum Gasteiger partial charge on any atom is -0.497 e. The third-order valence-electron chi connectivity index (χ3n) is 4.38. The molecule has 140 valence electrons. The highest BCUT2D eigenvalue weighted by molar-refractivity contribution is 8.00. The van der Waals surface area contributed by atoms with E-state index in [0.717, 1.165) is 16.2 Å². The zero-order valence-corrected chi connectivity index (χ0v) is 17.3. The molecule has 0 unspecified atom stereocenters. The first-order chi connectivity index (χ1) is 12.2. The number of hydrogen-bond donors (Lipinski definition) is 1. The highest BCUT2D eigenvalue weighted by atomic mass is 32.2. The average Bonchev–Trinajstić information content (AvgIpc) is 2.61. The fraction of sp³-hybridized carbons (Fsp3) is 0.409. The number of carbonyl (C=O) groups excluding carboxylic acids is 1. The molecule has 0 aliphatic carbocycles. The van der Waals surface area contributed by atoms with E-state index in [1.54, 1.807) is 18.9 Å². The zero-order chi connectivity index (χ0) is 19.3. The zero-order valence-electron chi connectivity index (χ0n) is 16.5. The summed E-state index contributed by atoms with van der Waals surface area (Å²) < 4.78 is 5.16. The molecule has 2 aromatic carbocycles. The summed E-state index contributed by atoms with van der Waals surface area (Å²) in [5.74, 6) is 0.858. The molecule has 0 aromatic heterocycles. The van der Waals surface area contributed by atoms with Crippen molar-refractivity contribution < 1.29 is 9.53 Å². The summed E-state index contributed by atoms with van der Waals surface area (Å²) in [6, 6.07) is 16.2. The molecule has 4 heteroatoms. The molecule has 0 bridgehead atoms. The Morgan fingerprint density at radius 3 is 2.08 bits per heavy atom. The summed E-state index contributed by atoms with van der Waals surface area (Å²) in [6.07, 6.45) is 0. The highest BCUT2D eigenvalue weighted by Crippen LogP contribution is 2.27. The first-order valence-electron chi connectivity index (χ1n) is 8.92. The Kier molecular flexibility index (Phi) is 6.76. The normalized spacial score (nSPS) is 13.8. The molecular weight excluding hydrogens is 342 g/mol. The number of methoxy groups -OCH3 is 1. The predicted molar refractivity (Wildman–Crippen MR) is 110 cm³/mol. The van der Waals surface area contributed by atoms with Gasteiger partial charge in [0.05, 0.1) is 18.4 Å². The third-order valence-corrected chi connectivity index (χ3v) is 5.49. The van der Waals surface area contributed by atoms with Gasteiger partial charge >= 0.3 is 0 Å². The van der Waals surface area contributed by atoms with Gasteiger partial charge in [0.2, 0.25) is 5.91 Å². The maximum Gasteiger partial charge on any atom is 0.233 e. The lowest BCUT2D eigenvalue weighted by molar-refractivity contribution is -0.120. The fourth-order valence-corrected chi connectivity index (χ4v) is 3.47. The van der Waals surface area contributed by atoms with E-state index in [0.29, 0.717) is 0 Å². The molecule has 3 nitrogen and oxygen atoms in total. The number of carbonyl (C=O) groups is 1. The van der Waals surface area contributed by atoms with Crippen molar-refractivity contribution >= 4 is 17.7 Å². The Labute approximate surface area is 161 Å². The van der Waals surface area contributed by atoms with Crippen LogP contribution in [0, 0.1) is 0 Å². The second-order valence-electron chi connectivity index (χ2n) is 7.54. The van der Waals surface area contributed by atoms with Crippen LogP contribution in [0.2, 0.25) is 0 Å². The Morgan fingerprint density at radius 2 is 1.58 bits per heavy atom. The molecule has 1 amide bonds. The topological polar surface area (TPSA) is 38.3 Å². The molecule has 26 heavy (non-hydrogen) atoms. The average molecular weight is 372 g/mol. The predicted octanol–water partition coefficient (Wildman–Crippen LogP) is 5.35. The number of ether oxygens (including phenoxy) is 1. The minimum atomic E-state index is -0.167. The molecule has 0 fully saturated rings. The summed E-state index contributed by atoms with van der Waals surface area (Å²) in [6.45, 7) is 10.6. The van der Waals surface area contributed by atoms with Crippen LogP contribution < -0.4 is 10.1 Å². The quantitative estimate of drug-likeness (QED) is 0.696. The molecule has 2 aromatic rings. The number of nitrogens with one attached hydrogen (secondary N) is 1. The molecule has 0 radical (unpaired) electrons. The van der Waals surface area contributed by atoms with Gasteiger partial charge in [-0.2, -0.15) is 0 Å². The SMILES string of the molecule is COc1ccc(S[C@@H](C)C(=O)N[C@@H](C)c2ccc(C(C)(C)C)cc2)cc1. The van der Waals surface area contributed by atoms with E-state index < -0.39 is 0 Å². The van der Waals surface area contributed by atoms with Crippen molar-refractivity contribution in [1.29, 1.82) is 0 Å². The molecule has 2 rings (SSSR count). The van der Waals surface area contributed by atoms with Crippen LogP contribution in [0.1, 0.15) is 51.8 Å². The van der Waals surface area contributed by atoms with Crippen LogP contribution in [-0.4, -0.2) is 18.3 Å². The smallest absolute Gasteiger partial charge is 0.233 e. The van der Waals surface area contributed by atoms with Crippen LogP contribution in [0.15, 0.2) is 53.4 Å². The summed E-state index contributed by atoms with van der Waals surface area (Å²) in [7, 11) is 1.65. The van der Waals surface area contributed by atoms with Gasteiger partial charge in [0.1, 0.15) is 5.75 Å². The lowest BCUT2D eigenvalue weighted by Gasteiger charge is -2.21. The van der Waals surface area contributed by atoms with Crippen LogP contribution >= 0.6 is 11.8 Å². The van der Waals surface area contributed by atoms with Crippen molar-refractivity contribution in [2.24, 2.45) is 0 Å². The summed E-state index contributed by atoms with van der Waals surface area (Å²) in [5, 5.41) is 2.95. The number of amides is 1. The third kappa shape index (κ3) is 5.53. The van der Waals surface area contributed by atoms with Gasteiger partial charge in [0.25, 0.3) is 0 Å². The maximum absolute atomic E-state index is 12.5. The maximum atomic E-state index is 12.5. The molecule has 1 N–H and O–H groups in total. The van der Waals surface area contributed by atoms with E-state index in [1.807, 2.05) is 38.1 Å². The van der Waals surface area contributed by atoms with E-state index in [9.17, 15) is 4.79 Å². The Hall–Kier alpha value is -1.94. The first-order valence-corrected chi connectivity index (χ1v) is 9.80. The van der Waals surface area contributed by atoms with Crippen LogP contribution in [-0.2, 0) is 10.2 Å². The largest absolute Gasteiger partial charge is 0.497 e. The van der Waals surface area contributed by atoms with Gasteiger partial charge in [-0.25, -0.2) is 0 Å². The lowest BCUT2D eigenvalue weighted by Crippen LogP contribution is -2.33. The van der Waals surface area contributed by atoms with Crippen LogP contribution in [0.4, 0.5) is 0 Å². The molecule has 0 saturated heterocycles. The van der Waals surface area contributed by atoms with E-state index >= 15 is 0 Å². The van der Waals surface area contributed by atoms with E-state index in [-0.39, 0.29) is 22.6 Å². The minimum absolute atomic E-state index is 0.0181. The van der Waals surface area contributed by atoms with E-state index in [4.69, 9.17) is 4.74 Å². The number of rotatable bonds is 6. The first kappa shape index (κ1) is 20.4. The van der Waals surface area contributed by atoms with Gasteiger partial charge in [-0.1, -0.05) is 45.0 Å². The van der Waals surface area contributed by atoms with Gasteiger partial charge in [0.15, 0.2) is 0 Å². The Bertz CT molecular complexity index is 717. The molecule has 0 saturated carbocycles. The van der Waals surface area contributed by atoms with Gasteiger partial charge in [-0.15, -0.1) is 11.8 Å². The van der Waals surface area contributed by atoms with Crippen LogP contribution in [0.5, 0.6) is 5.75 Å². The van der Waals surface area contributed by atoms with Gasteiger partial charge in [0, 0.05) is 4.90 Å². The molecular formula is C22H29NO2S. The standard InChI is InChI=1S/C22H29NO2S/c1-15(17-7-9-18(10-8-17)22(3,4)5)23-21(24)16(2)26-20-13-11-19(25-6)12-14-20/h7-16H,1-6H3,(H,23,24)/t15-,16-/m0/s1. The van der Waals surface area contributed by atoms with Gasteiger partial charge < -0.3 is 10.1 Å². The number of thioether (sulfide) groups is 1. The van der Waals surface area contributed by atoms with Crippen LogP contribution in [0.3, 0.4) is 0 Å². The Balaban J connectivity index is 1.94. The van der Waals surface area contributed by atoms with E-state index in [2.05, 4.69) is 50.4 Å². The summed E-state index contributed by atoms with van der Waals surface area (Å²) in [4.78, 5) is 13.6. The summed E-state index contributed by atoms with van der Waals surface area (Å²) in [5.41, 5.74) is 2.55. The lowest BCUT2D eigenvalue weighted by atomic mass is 9.86.